The maximum atomic E-state index is 13.9. The maximum absolute atomic E-state index is 13.9. The number of nitrogens with two attached hydrogens (primary N) is 1. The Kier molecular flexibility index (Phi) is 10.5. The zero-order valence-electron chi connectivity index (χ0n) is 29.0. The van der Waals surface area contributed by atoms with Gasteiger partial charge in [-0.3, -0.25) is 9.59 Å². The molecule has 0 fully saturated rings. The third-order valence-electron chi connectivity index (χ3n) is 11.2. The summed E-state index contributed by atoms with van der Waals surface area (Å²) in [4.78, 5) is 27.7. The quantitative estimate of drug-likeness (QED) is 0.204. The van der Waals surface area contributed by atoms with Gasteiger partial charge in [0.05, 0.1) is 0 Å². The van der Waals surface area contributed by atoms with Crippen molar-refractivity contribution in [2.75, 3.05) is 0 Å². The Morgan fingerprint density at radius 3 is 1.37 bits per heavy atom. The molecular formula is C40H57NO2. The molecule has 0 spiro atoms. The lowest BCUT2D eigenvalue weighted by molar-refractivity contribution is 0.0978. The Balaban J connectivity index is 1.90. The summed E-state index contributed by atoms with van der Waals surface area (Å²) in [5.41, 5.74) is 13.0. The van der Waals surface area contributed by atoms with Crippen LogP contribution in [0.25, 0.3) is 0 Å². The molecule has 2 aromatic carbocycles. The van der Waals surface area contributed by atoms with Crippen LogP contribution >= 0.6 is 0 Å². The lowest BCUT2D eigenvalue weighted by Gasteiger charge is -2.32. The van der Waals surface area contributed by atoms with Crippen molar-refractivity contribution in [2.45, 2.75) is 137 Å². The third-order valence-corrected chi connectivity index (χ3v) is 11.2. The molecule has 2 N–H and O–H groups in total. The van der Waals surface area contributed by atoms with Crippen LogP contribution in [-0.2, 0) is 10.8 Å². The number of allylic oxidation sites excluding steroid dienone is 3. The van der Waals surface area contributed by atoms with Crippen LogP contribution in [0, 0.1) is 5.41 Å². The van der Waals surface area contributed by atoms with E-state index in [1.165, 1.54) is 11.1 Å². The lowest BCUT2D eigenvalue weighted by atomic mass is 9.72. The van der Waals surface area contributed by atoms with Gasteiger partial charge in [0.2, 0.25) is 0 Å². The Labute approximate surface area is 262 Å². The van der Waals surface area contributed by atoms with Gasteiger partial charge in [-0.15, -0.1) is 0 Å². The average Bonchev–Trinajstić information content (AvgIpc) is 2.98. The number of hydrogen-bond donors (Lipinski definition) is 1. The van der Waals surface area contributed by atoms with Crippen molar-refractivity contribution >= 4 is 11.6 Å². The summed E-state index contributed by atoms with van der Waals surface area (Å²) in [6.07, 6.45) is 11.5. The van der Waals surface area contributed by atoms with Crippen LogP contribution in [0.1, 0.15) is 164 Å². The van der Waals surface area contributed by atoms with E-state index in [0.29, 0.717) is 22.3 Å². The predicted octanol–water partition coefficient (Wildman–Crippen LogP) is 10.4. The minimum absolute atomic E-state index is 0.0428. The molecule has 3 heteroatoms. The van der Waals surface area contributed by atoms with Crippen molar-refractivity contribution in [1.29, 1.82) is 0 Å². The van der Waals surface area contributed by atoms with Crippen LogP contribution < -0.4 is 5.73 Å². The fraction of sp³-hybridized carbons (Fsp3) is 0.550. The fourth-order valence-corrected chi connectivity index (χ4v) is 5.98. The molecule has 0 saturated heterocycles. The molecule has 0 saturated carbocycles. The van der Waals surface area contributed by atoms with Crippen LogP contribution in [0.15, 0.2) is 59.7 Å². The van der Waals surface area contributed by atoms with Crippen LogP contribution in [0.4, 0.5) is 0 Å². The Bertz CT molecular complexity index is 1420. The molecule has 0 amide bonds. The molecular weight excluding hydrogens is 526 g/mol. The number of rotatable bonds is 13. The molecule has 0 aromatic heterocycles. The first kappa shape index (κ1) is 34.7. The van der Waals surface area contributed by atoms with E-state index in [1.54, 1.807) is 0 Å². The molecule has 0 aliphatic heterocycles. The van der Waals surface area contributed by atoms with E-state index in [1.807, 2.05) is 38.1 Å². The molecule has 3 nitrogen and oxygen atoms in total. The topological polar surface area (TPSA) is 60.2 Å². The van der Waals surface area contributed by atoms with E-state index in [4.69, 9.17) is 5.73 Å². The molecule has 1 aliphatic carbocycles. The van der Waals surface area contributed by atoms with Gasteiger partial charge in [0, 0.05) is 27.8 Å². The molecule has 3 rings (SSSR count). The summed E-state index contributed by atoms with van der Waals surface area (Å²) in [6.45, 7) is 24.2. The molecule has 2 unspecified atom stereocenters. The molecule has 0 heterocycles. The summed E-state index contributed by atoms with van der Waals surface area (Å²) >= 11 is 0. The zero-order chi connectivity index (χ0) is 32.4. The first-order chi connectivity index (χ1) is 19.9. The van der Waals surface area contributed by atoms with Crippen molar-refractivity contribution in [3.05, 3.63) is 93.1 Å². The third kappa shape index (κ3) is 7.31. The summed E-state index contributed by atoms with van der Waals surface area (Å²) < 4.78 is 0. The Morgan fingerprint density at radius 2 is 1.02 bits per heavy atom. The Hall–Kier alpha value is -2.78. The zero-order valence-corrected chi connectivity index (χ0v) is 29.0. The van der Waals surface area contributed by atoms with Gasteiger partial charge in [0.25, 0.3) is 0 Å². The molecule has 1 aliphatic rings. The van der Waals surface area contributed by atoms with Crippen LogP contribution in [0.3, 0.4) is 0 Å². The van der Waals surface area contributed by atoms with Gasteiger partial charge in [-0.25, -0.2) is 0 Å². The summed E-state index contributed by atoms with van der Waals surface area (Å²) in [7, 11) is 0. The van der Waals surface area contributed by atoms with Crippen molar-refractivity contribution in [3.63, 3.8) is 0 Å². The van der Waals surface area contributed by atoms with Crippen molar-refractivity contribution in [3.8, 4) is 0 Å². The summed E-state index contributed by atoms with van der Waals surface area (Å²) in [5.74, 6) is -0.0885. The second kappa shape index (κ2) is 13.1. The van der Waals surface area contributed by atoms with Crippen molar-refractivity contribution in [2.24, 2.45) is 11.1 Å². The van der Waals surface area contributed by atoms with Gasteiger partial charge in [0.15, 0.2) is 11.6 Å². The van der Waals surface area contributed by atoms with Crippen LogP contribution in [-0.4, -0.2) is 17.1 Å². The van der Waals surface area contributed by atoms with Gasteiger partial charge in [-0.2, -0.15) is 0 Å². The monoisotopic (exact) mass is 583 g/mol. The minimum Gasteiger partial charge on any atom is -0.322 e. The SMILES string of the molecule is CCC(C)(C)C(C)=CCCC(C)(CC)c1ccc2c(c1)C(=O)c1ccc(C(C)(CC)CCC=C(C)C(C)(C)N)cc1C2=O. The molecule has 2 aromatic rings. The minimum atomic E-state index is -0.328. The standard InChI is InChI=1S/C40H57NO2/c1-12-37(6,7)27(4)17-15-23-39(10,13-2)29-19-21-31-33(25-29)35(42)32-22-20-30(26-34(32)36(31)43)40(11,14-3)24-16-18-28(5)38(8,9)41/h17-22,25-26H,12-16,23-24,41H2,1-11H3. The molecule has 2 atom stereocenters. The number of fused-ring (bicyclic) bond motifs is 2. The number of ketones is 2. The van der Waals surface area contributed by atoms with E-state index < -0.39 is 0 Å². The summed E-state index contributed by atoms with van der Waals surface area (Å²) in [6, 6.07) is 11.9. The normalized spacial score (nSPS) is 17.3. The second-order valence-corrected chi connectivity index (χ2v) is 14.8. The van der Waals surface area contributed by atoms with E-state index >= 15 is 0 Å². The van der Waals surface area contributed by atoms with E-state index in [2.05, 4.69) is 86.6 Å². The Morgan fingerprint density at radius 1 is 0.628 bits per heavy atom. The second-order valence-electron chi connectivity index (χ2n) is 14.8. The lowest BCUT2D eigenvalue weighted by Crippen LogP contribution is -2.33. The first-order valence-electron chi connectivity index (χ1n) is 16.5. The van der Waals surface area contributed by atoms with Gasteiger partial charge in [-0.1, -0.05) is 83.9 Å². The fourth-order valence-electron chi connectivity index (χ4n) is 5.98. The maximum Gasteiger partial charge on any atom is 0.194 e. The molecule has 43 heavy (non-hydrogen) atoms. The highest BCUT2D eigenvalue weighted by Crippen LogP contribution is 2.39. The van der Waals surface area contributed by atoms with Gasteiger partial charge >= 0.3 is 0 Å². The average molecular weight is 584 g/mol. The smallest absolute Gasteiger partial charge is 0.194 e. The van der Waals surface area contributed by atoms with Gasteiger partial charge in [-0.05, 0) is 124 Å². The number of benzene rings is 2. The van der Waals surface area contributed by atoms with Crippen LogP contribution in [0.5, 0.6) is 0 Å². The predicted molar refractivity (Wildman–Crippen MR) is 183 cm³/mol. The van der Waals surface area contributed by atoms with E-state index in [0.717, 1.165) is 56.1 Å². The van der Waals surface area contributed by atoms with Crippen LogP contribution in [0.2, 0.25) is 0 Å². The van der Waals surface area contributed by atoms with Gasteiger partial charge < -0.3 is 5.73 Å². The molecule has 0 radical (unpaired) electrons. The number of carbonyl (C=O) groups is 2. The summed E-state index contributed by atoms with van der Waals surface area (Å²) in [5, 5.41) is 0. The van der Waals surface area contributed by atoms with E-state index in [-0.39, 0.29) is 33.4 Å². The number of carbonyl (C=O) groups excluding carboxylic acids is 2. The highest BCUT2D eigenvalue weighted by Gasteiger charge is 2.34. The highest BCUT2D eigenvalue weighted by molar-refractivity contribution is 6.28. The molecule has 0 bridgehead atoms. The largest absolute Gasteiger partial charge is 0.322 e. The van der Waals surface area contributed by atoms with Gasteiger partial charge in [0.1, 0.15) is 0 Å². The molecule has 234 valence electrons. The van der Waals surface area contributed by atoms with Crippen molar-refractivity contribution in [1.82, 2.24) is 0 Å². The van der Waals surface area contributed by atoms with Crippen molar-refractivity contribution < 1.29 is 9.59 Å². The van der Waals surface area contributed by atoms with E-state index in [9.17, 15) is 9.59 Å². The highest BCUT2D eigenvalue weighted by atomic mass is 16.1. The first-order valence-corrected chi connectivity index (χ1v) is 16.5. The number of hydrogen-bond acceptors (Lipinski definition) is 3.